The highest BCUT2D eigenvalue weighted by molar-refractivity contribution is 7.17. The van der Waals surface area contributed by atoms with Crippen LogP contribution >= 0.6 is 11.3 Å². The van der Waals surface area contributed by atoms with Gasteiger partial charge in [-0.05, 0) is 55.0 Å². The first-order valence-electron chi connectivity index (χ1n) is 12.9. The second-order valence-corrected chi connectivity index (χ2v) is 10.1. The number of benzene rings is 3. The van der Waals surface area contributed by atoms with Crippen molar-refractivity contribution >= 4 is 28.3 Å². The topological polar surface area (TPSA) is 96.8 Å². The van der Waals surface area contributed by atoms with Gasteiger partial charge in [-0.25, -0.2) is 4.79 Å². The lowest BCUT2D eigenvalue weighted by molar-refractivity contribution is -0.645. The molecule has 0 atom stereocenters. The second-order valence-electron chi connectivity index (χ2n) is 9.10. The third kappa shape index (κ3) is 5.73. The molecule has 194 valence electrons. The predicted octanol–water partition coefficient (Wildman–Crippen LogP) is 6.28. The molecule has 0 aliphatic rings. The molecule has 3 aromatic carbocycles. The molecule has 0 N–H and O–H groups in total. The SMILES string of the molecule is CCCCCCCCOc1ccc(-c2nnc(-c3ccc(C(=O)n4n[n+]([O-])c5ccccc54)cc3)s2)cc1. The lowest BCUT2D eigenvalue weighted by atomic mass is 10.1. The molecule has 0 saturated heterocycles. The second kappa shape index (κ2) is 12.0. The molecule has 0 fully saturated rings. The molecule has 0 spiro atoms. The van der Waals surface area contributed by atoms with E-state index in [4.69, 9.17) is 4.74 Å². The quantitative estimate of drug-likeness (QED) is 0.114. The van der Waals surface area contributed by atoms with Gasteiger partial charge >= 0.3 is 5.91 Å². The maximum Gasteiger partial charge on any atom is 0.366 e. The molecule has 0 bridgehead atoms. The first-order valence-corrected chi connectivity index (χ1v) is 13.7. The zero-order chi connectivity index (χ0) is 26.3. The minimum absolute atomic E-state index is 0.344. The van der Waals surface area contributed by atoms with Crippen molar-refractivity contribution in [2.24, 2.45) is 0 Å². The van der Waals surface area contributed by atoms with Crippen molar-refractivity contribution in [1.29, 1.82) is 0 Å². The van der Waals surface area contributed by atoms with E-state index in [1.165, 1.54) is 43.4 Å². The van der Waals surface area contributed by atoms with Gasteiger partial charge in [-0.3, -0.25) is 0 Å². The number of rotatable bonds is 11. The van der Waals surface area contributed by atoms with Crippen LogP contribution in [0, 0.1) is 5.21 Å². The van der Waals surface area contributed by atoms with Gasteiger partial charge in [0.2, 0.25) is 11.0 Å². The van der Waals surface area contributed by atoms with Gasteiger partial charge in [-0.15, -0.1) is 15.0 Å². The van der Waals surface area contributed by atoms with Gasteiger partial charge in [0, 0.05) is 11.1 Å². The fourth-order valence-electron chi connectivity index (χ4n) is 4.23. The van der Waals surface area contributed by atoms with Crippen molar-refractivity contribution in [2.45, 2.75) is 45.4 Å². The van der Waals surface area contributed by atoms with Crippen LogP contribution in [0.3, 0.4) is 0 Å². The lowest BCUT2D eigenvalue weighted by Gasteiger charge is -2.06. The summed E-state index contributed by atoms with van der Waals surface area (Å²) in [6.45, 7) is 2.97. The molecule has 0 unspecified atom stereocenters. The highest BCUT2D eigenvalue weighted by Crippen LogP contribution is 2.31. The van der Waals surface area contributed by atoms with Crippen LogP contribution in [0.5, 0.6) is 5.75 Å². The number of unbranched alkanes of at least 4 members (excludes halogenated alkanes) is 5. The van der Waals surface area contributed by atoms with Gasteiger partial charge in [-0.1, -0.05) is 79.3 Å². The Morgan fingerprint density at radius 2 is 1.50 bits per heavy atom. The minimum Gasteiger partial charge on any atom is -0.691 e. The molecule has 2 aromatic heterocycles. The Labute approximate surface area is 225 Å². The molecular formula is C29H29N5O3S. The number of carbonyl (C=O) groups excluding carboxylic acids is 1. The Hall–Kier alpha value is -4.11. The molecule has 5 aromatic rings. The largest absolute Gasteiger partial charge is 0.691 e. The van der Waals surface area contributed by atoms with E-state index >= 15 is 0 Å². The van der Waals surface area contributed by atoms with Crippen molar-refractivity contribution in [3.05, 3.63) is 83.6 Å². The van der Waals surface area contributed by atoms with Crippen LogP contribution in [0.15, 0.2) is 72.8 Å². The Bertz CT molecular complexity index is 1510. The Balaban J connectivity index is 1.21. The number of carbonyl (C=O) groups is 1. The standard InChI is InChI=1S/C29H29N5O3S/c1-2-3-4-5-6-9-20-37-24-18-16-22(17-19-24)28-31-30-27(38-28)21-12-14-23(15-13-21)29(35)33-25-10-7-8-11-26(25)34(36)32-33/h7-8,10-19H,2-6,9,20H2,1H3. The van der Waals surface area contributed by atoms with Crippen molar-refractivity contribution < 1.29 is 14.4 Å². The van der Waals surface area contributed by atoms with E-state index in [0.29, 0.717) is 21.4 Å². The average Bonchev–Trinajstić information content (AvgIpc) is 3.58. The number of nitrogens with zero attached hydrogens (tertiary/aromatic N) is 5. The van der Waals surface area contributed by atoms with Crippen LogP contribution in [0.25, 0.3) is 32.2 Å². The number of hydrogen-bond donors (Lipinski definition) is 0. The molecule has 0 radical (unpaired) electrons. The van der Waals surface area contributed by atoms with Crippen LogP contribution in [0.2, 0.25) is 0 Å². The zero-order valence-corrected chi connectivity index (χ0v) is 22.1. The van der Waals surface area contributed by atoms with Crippen LogP contribution in [-0.2, 0) is 0 Å². The summed E-state index contributed by atoms with van der Waals surface area (Å²) < 4.78 is 7.01. The summed E-state index contributed by atoms with van der Waals surface area (Å²) >= 11 is 1.48. The molecule has 9 heteroatoms. The van der Waals surface area contributed by atoms with E-state index in [1.54, 1.807) is 36.4 Å². The molecule has 2 heterocycles. The molecule has 0 amide bonds. The predicted molar refractivity (Wildman–Crippen MR) is 148 cm³/mol. The van der Waals surface area contributed by atoms with Crippen molar-refractivity contribution in [1.82, 2.24) is 20.1 Å². The number of fused-ring (bicyclic) bond motifs is 1. The van der Waals surface area contributed by atoms with Gasteiger partial charge in [0.25, 0.3) is 0 Å². The van der Waals surface area contributed by atoms with Gasteiger partial charge in [-0.2, -0.15) is 0 Å². The summed E-state index contributed by atoms with van der Waals surface area (Å²) in [5.41, 5.74) is 3.06. The molecule has 8 nitrogen and oxygen atoms in total. The molecule has 5 rings (SSSR count). The molecule has 0 aliphatic heterocycles. The Kier molecular flexibility index (Phi) is 8.04. The monoisotopic (exact) mass is 527 g/mol. The minimum atomic E-state index is -0.376. The maximum absolute atomic E-state index is 13.0. The number of ether oxygens (including phenoxy) is 1. The third-order valence-electron chi connectivity index (χ3n) is 6.35. The third-order valence-corrected chi connectivity index (χ3v) is 7.37. The summed E-state index contributed by atoms with van der Waals surface area (Å²) in [5.74, 6) is 0.485. The summed E-state index contributed by atoms with van der Waals surface area (Å²) in [4.78, 5) is 13.4. The first-order chi connectivity index (χ1) is 18.6. The van der Waals surface area contributed by atoms with Crippen molar-refractivity contribution in [2.75, 3.05) is 6.61 Å². The van der Waals surface area contributed by atoms with Gasteiger partial charge < -0.3 is 9.94 Å². The summed E-state index contributed by atoms with van der Waals surface area (Å²) in [6, 6.07) is 21.8. The van der Waals surface area contributed by atoms with Crippen LogP contribution < -0.4 is 9.58 Å². The number of para-hydroxylation sites is 2. The summed E-state index contributed by atoms with van der Waals surface area (Å²) in [7, 11) is 0. The van der Waals surface area contributed by atoms with Crippen LogP contribution in [-0.4, -0.2) is 32.6 Å². The van der Waals surface area contributed by atoms with E-state index in [0.717, 1.165) is 44.6 Å². The number of hydrogen-bond acceptors (Lipinski definition) is 7. The van der Waals surface area contributed by atoms with E-state index < -0.39 is 0 Å². The lowest BCUT2D eigenvalue weighted by Crippen LogP contribution is -2.31. The molecule has 0 aliphatic carbocycles. The summed E-state index contributed by atoms with van der Waals surface area (Å²) in [6.07, 6.45) is 7.45. The highest BCUT2D eigenvalue weighted by Gasteiger charge is 2.22. The van der Waals surface area contributed by atoms with E-state index in [-0.39, 0.29) is 5.91 Å². The molecule has 38 heavy (non-hydrogen) atoms. The Morgan fingerprint density at radius 3 is 2.21 bits per heavy atom. The van der Waals surface area contributed by atoms with Crippen LogP contribution in [0.4, 0.5) is 0 Å². The molecule has 0 saturated carbocycles. The van der Waals surface area contributed by atoms with Gasteiger partial charge in [0.15, 0.2) is 0 Å². The number of aromatic nitrogens is 5. The van der Waals surface area contributed by atoms with Gasteiger partial charge in [0.1, 0.15) is 21.0 Å². The van der Waals surface area contributed by atoms with Crippen LogP contribution in [0.1, 0.15) is 55.8 Å². The van der Waals surface area contributed by atoms with Crippen molar-refractivity contribution in [3.63, 3.8) is 0 Å². The first kappa shape index (κ1) is 25.5. The molecular weight excluding hydrogens is 498 g/mol. The van der Waals surface area contributed by atoms with E-state index in [2.05, 4.69) is 22.3 Å². The normalized spacial score (nSPS) is 11.2. The zero-order valence-electron chi connectivity index (χ0n) is 21.2. The van der Waals surface area contributed by atoms with E-state index in [9.17, 15) is 10.0 Å². The van der Waals surface area contributed by atoms with E-state index in [1.807, 2.05) is 36.4 Å². The fourth-order valence-corrected chi connectivity index (χ4v) is 5.09. The smallest absolute Gasteiger partial charge is 0.366 e. The maximum atomic E-state index is 13.0. The summed E-state index contributed by atoms with van der Waals surface area (Å²) in [5, 5.41) is 26.1. The average molecular weight is 528 g/mol. The van der Waals surface area contributed by atoms with Crippen molar-refractivity contribution in [3.8, 4) is 26.9 Å². The Morgan fingerprint density at radius 1 is 0.868 bits per heavy atom. The van der Waals surface area contributed by atoms with Gasteiger partial charge in [0.05, 0.1) is 12.2 Å². The highest BCUT2D eigenvalue weighted by atomic mass is 32.1. The fraction of sp³-hybridized carbons (Fsp3) is 0.276.